The van der Waals surface area contributed by atoms with Crippen LogP contribution in [-0.2, 0) is 6.42 Å². The van der Waals surface area contributed by atoms with Gasteiger partial charge in [-0.05, 0) is 30.4 Å². The van der Waals surface area contributed by atoms with Crippen molar-refractivity contribution >= 4 is 0 Å². The van der Waals surface area contributed by atoms with E-state index >= 15 is 0 Å². The predicted octanol–water partition coefficient (Wildman–Crippen LogP) is 2.65. The minimum atomic E-state index is 0.758. The quantitative estimate of drug-likeness (QED) is 0.570. The molecular formula is C11H14O. The molecule has 0 aromatic heterocycles. The Kier molecular flexibility index (Phi) is 2.03. The van der Waals surface area contributed by atoms with Crippen LogP contribution >= 0.6 is 0 Å². The molecule has 1 heteroatoms. The highest BCUT2D eigenvalue weighted by atomic mass is 16.5. The summed E-state index contributed by atoms with van der Waals surface area (Å²) in [5, 5.41) is 0. The topological polar surface area (TPSA) is 9.23 Å². The van der Waals surface area contributed by atoms with Gasteiger partial charge in [0.1, 0.15) is 5.75 Å². The lowest BCUT2D eigenvalue weighted by molar-refractivity contribution is 0.300. The zero-order valence-electron chi connectivity index (χ0n) is 7.42. The van der Waals surface area contributed by atoms with Gasteiger partial charge in [0.25, 0.3) is 0 Å². The van der Waals surface area contributed by atoms with Crippen molar-refractivity contribution in [3.8, 4) is 5.75 Å². The predicted molar refractivity (Wildman–Crippen MR) is 49.4 cm³/mol. The van der Waals surface area contributed by atoms with Crippen LogP contribution < -0.4 is 4.74 Å². The molecule has 0 bridgehead atoms. The number of ether oxygens (including phenoxy) is 1. The van der Waals surface area contributed by atoms with Gasteiger partial charge in [-0.3, -0.25) is 0 Å². The van der Waals surface area contributed by atoms with Crippen molar-refractivity contribution in [2.75, 3.05) is 6.61 Å². The molecule has 1 aliphatic rings. The van der Waals surface area contributed by atoms with Gasteiger partial charge >= 0.3 is 0 Å². The van der Waals surface area contributed by atoms with Crippen molar-refractivity contribution in [3.05, 3.63) is 29.8 Å². The molecule has 2 rings (SSSR count). The fourth-order valence-corrected chi connectivity index (χ4v) is 1.66. The van der Waals surface area contributed by atoms with E-state index in [1.54, 1.807) is 0 Å². The first-order valence-corrected chi connectivity index (χ1v) is 4.57. The van der Waals surface area contributed by atoms with Gasteiger partial charge in [0.15, 0.2) is 0 Å². The minimum absolute atomic E-state index is 0.758. The lowest BCUT2D eigenvalue weighted by Gasteiger charge is -2.05. The molecule has 0 saturated carbocycles. The highest BCUT2D eigenvalue weighted by Gasteiger charge is 2.12. The third kappa shape index (κ3) is 1.45. The summed E-state index contributed by atoms with van der Waals surface area (Å²) >= 11 is 0. The summed E-state index contributed by atoms with van der Waals surface area (Å²) in [6.45, 7) is 3.16. The number of fused-ring (bicyclic) bond motifs is 1. The fourth-order valence-electron chi connectivity index (χ4n) is 1.66. The molecular weight excluding hydrogens is 148 g/mol. The maximum atomic E-state index is 5.62. The zero-order valence-corrected chi connectivity index (χ0v) is 7.42. The molecule has 64 valence electrons. The van der Waals surface area contributed by atoms with Crippen LogP contribution in [0.15, 0.2) is 24.3 Å². The first kappa shape index (κ1) is 7.66. The second kappa shape index (κ2) is 3.18. The largest absolute Gasteiger partial charge is 0.493 e. The van der Waals surface area contributed by atoms with Gasteiger partial charge in [-0.2, -0.15) is 0 Å². The van der Waals surface area contributed by atoms with Crippen LogP contribution in [0.5, 0.6) is 5.75 Å². The normalized spacial score (nSPS) is 22.2. The maximum Gasteiger partial charge on any atom is 0.122 e. The molecule has 0 spiro atoms. The summed E-state index contributed by atoms with van der Waals surface area (Å²) in [6, 6.07) is 8.35. The smallest absolute Gasteiger partial charge is 0.122 e. The molecule has 0 fully saturated rings. The first-order chi connectivity index (χ1) is 5.86. The molecule has 1 atom stereocenters. The van der Waals surface area contributed by atoms with E-state index in [-0.39, 0.29) is 0 Å². The molecule has 0 aliphatic carbocycles. The third-order valence-corrected chi connectivity index (χ3v) is 2.41. The lowest BCUT2D eigenvalue weighted by atomic mass is 9.99. The van der Waals surface area contributed by atoms with Crippen molar-refractivity contribution in [1.82, 2.24) is 0 Å². The Balaban J connectivity index is 2.31. The number of benzene rings is 1. The molecule has 1 nitrogen and oxygen atoms in total. The molecule has 0 N–H and O–H groups in total. The Hall–Kier alpha value is -0.980. The van der Waals surface area contributed by atoms with Crippen molar-refractivity contribution in [2.24, 2.45) is 5.92 Å². The van der Waals surface area contributed by atoms with Crippen LogP contribution in [0.25, 0.3) is 0 Å². The van der Waals surface area contributed by atoms with E-state index in [1.807, 2.05) is 6.07 Å². The average Bonchev–Trinajstić information content (AvgIpc) is 2.25. The van der Waals surface area contributed by atoms with E-state index in [4.69, 9.17) is 4.74 Å². The van der Waals surface area contributed by atoms with Crippen LogP contribution in [0.2, 0.25) is 0 Å². The Bertz CT molecular complexity index is 267. The molecule has 12 heavy (non-hydrogen) atoms. The Morgan fingerprint density at radius 2 is 2.17 bits per heavy atom. The SMILES string of the molecule is CC1CCOc2ccccc2C1. The number of rotatable bonds is 0. The molecule has 1 aliphatic heterocycles. The summed E-state index contributed by atoms with van der Waals surface area (Å²) in [5.74, 6) is 1.84. The standard InChI is InChI=1S/C11H14O/c1-9-6-7-12-11-5-3-2-4-10(11)8-9/h2-5,9H,6-8H2,1H3. The van der Waals surface area contributed by atoms with E-state index < -0.39 is 0 Å². The van der Waals surface area contributed by atoms with Crippen molar-refractivity contribution in [1.29, 1.82) is 0 Å². The second-order valence-corrected chi connectivity index (χ2v) is 3.55. The van der Waals surface area contributed by atoms with E-state index in [0.717, 1.165) is 24.7 Å². The van der Waals surface area contributed by atoms with Crippen LogP contribution in [0, 0.1) is 5.92 Å². The summed E-state index contributed by atoms with van der Waals surface area (Å²) in [5.41, 5.74) is 1.36. The monoisotopic (exact) mass is 162 g/mol. The van der Waals surface area contributed by atoms with Gasteiger partial charge in [0.2, 0.25) is 0 Å². The number of hydrogen-bond donors (Lipinski definition) is 0. The van der Waals surface area contributed by atoms with Crippen molar-refractivity contribution in [3.63, 3.8) is 0 Å². The lowest BCUT2D eigenvalue weighted by Crippen LogP contribution is -1.99. The van der Waals surface area contributed by atoms with Crippen molar-refractivity contribution in [2.45, 2.75) is 19.8 Å². The molecule has 1 unspecified atom stereocenters. The molecule has 1 heterocycles. The van der Waals surface area contributed by atoms with Gasteiger partial charge < -0.3 is 4.74 Å². The Labute approximate surface area is 73.4 Å². The van der Waals surface area contributed by atoms with E-state index in [0.29, 0.717) is 0 Å². The fraction of sp³-hybridized carbons (Fsp3) is 0.455. The highest BCUT2D eigenvalue weighted by Crippen LogP contribution is 2.25. The molecule has 0 radical (unpaired) electrons. The van der Waals surface area contributed by atoms with Gasteiger partial charge in [-0.15, -0.1) is 0 Å². The zero-order chi connectivity index (χ0) is 8.39. The number of para-hydroxylation sites is 1. The van der Waals surface area contributed by atoms with Crippen LogP contribution in [0.3, 0.4) is 0 Å². The minimum Gasteiger partial charge on any atom is -0.493 e. The molecule has 0 amide bonds. The van der Waals surface area contributed by atoms with Gasteiger partial charge in [-0.1, -0.05) is 25.1 Å². The summed E-state index contributed by atoms with van der Waals surface area (Å²) in [4.78, 5) is 0. The first-order valence-electron chi connectivity index (χ1n) is 4.57. The highest BCUT2D eigenvalue weighted by molar-refractivity contribution is 5.34. The van der Waals surface area contributed by atoms with E-state index in [2.05, 4.69) is 25.1 Å². The van der Waals surface area contributed by atoms with Crippen molar-refractivity contribution < 1.29 is 4.74 Å². The van der Waals surface area contributed by atoms with E-state index in [1.165, 1.54) is 12.0 Å². The maximum absolute atomic E-state index is 5.62. The van der Waals surface area contributed by atoms with Gasteiger partial charge in [0, 0.05) is 0 Å². The summed E-state index contributed by atoms with van der Waals surface area (Å²) in [6.07, 6.45) is 2.34. The van der Waals surface area contributed by atoms with Crippen LogP contribution in [0.1, 0.15) is 18.9 Å². The second-order valence-electron chi connectivity index (χ2n) is 3.55. The van der Waals surface area contributed by atoms with Crippen LogP contribution in [0.4, 0.5) is 0 Å². The van der Waals surface area contributed by atoms with Gasteiger partial charge in [0.05, 0.1) is 6.61 Å². The summed E-state index contributed by atoms with van der Waals surface area (Å²) in [7, 11) is 0. The number of hydrogen-bond acceptors (Lipinski definition) is 1. The molecule has 1 aromatic carbocycles. The van der Waals surface area contributed by atoms with Gasteiger partial charge in [-0.25, -0.2) is 0 Å². The average molecular weight is 162 g/mol. The Morgan fingerprint density at radius 3 is 3.08 bits per heavy atom. The Morgan fingerprint density at radius 1 is 1.33 bits per heavy atom. The van der Waals surface area contributed by atoms with E-state index in [9.17, 15) is 0 Å². The molecule has 0 saturated heterocycles. The molecule has 1 aromatic rings. The summed E-state index contributed by atoms with van der Waals surface area (Å²) < 4.78 is 5.62. The third-order valence-electron chi connectivity index (χ3n) is 2.41. The van der Waals surface area contributed by atoms with Crippen LogP contribution in [-0.4, -0.2) is 6.61 Å².